The van der Waals surface area contributed by atoms with Crippen LogP contribution in [-0.2, 0) is 9.59 Å². The maximum atomic E-state index is 10.6. The van der Waals surface area contributed by atoms with Crippen LogP contribution in [-0.4, -0.2) is 101 Å². The number of hydrogen-bond acceptors (Lipinski definition) is 6. The molecular weight excluding hydrogens is 510 g/mol. The number of nitrogens with zero attached hydrogens (tertiary/aromatic N) is 4. The zero-order chi connectivity index (χ0) is 28.4. The summed E-state index contributed by atoms with van der Waals surface area (Å²) in [6.07, 6.45) is -6.17. The molecule has 0 amide bonds. The van der Waals surface area contributed by atoms with E-state index in [4.69, 9.17) is 19.8 Å². The molecule has 0 aromatic carbocycles. The minimum atomic E-state index is -5.08. The number of aliphatic carboxylic acids is 2. The third-order valence-electron chi connectivity index (χ3n) is 5.84. The second-order valence-electron chi connectivity index (χ2n) is 8.81. The molecular formula is C23H34F6N4O4. The molecule has 37 heavy (non-hydrogen) atoms. The molecule has 1 aromatic heterocycles. The molecule has 2 N–H and O–H groups in total. The van der Waals surface area contributed by atoms with E-state index in [0.29, 0.717) is 0 Å². The van der Waals surface area contributed by atoms with Crippen LogP contribution in [0.5, 0.6) is 0 Å². The molecule has 0 spiro atoms. The Morgan fingerprint density at radius 1 is 0.865 bits per heavy atom. The van der Waals surface area contributed by atoms with Gasteiger partial charge in [-0.15, -0.1) is 0 Å². The number of pyridine rings is 1. The molecule has 8 nitrogen and oxygen atoms in total. The van der Waals surface area contributed by atoms with Crippen molar-refractivity contribution in [1.82, 2.24) is 14.8 Å². The van der Waals surface area contributed by atoms with Gasteiger partial charge >= 0.3 is 24.3 Å². The number of rotatable bonds is 4. The van der Waals surface area contributed by atoms with Crippen molar-refractivity contribution in [2.24, 2.45) is 0 Å². The predicted octanol–water partition coefficient (Wildman–Crippen LogP) is 3.96. The van der Waals surface area contributed by atoms with E-state index < -0.39 is 24.3 Å². The summed E-state index contributed by atoms with van der Waals surface area (Å²) in [5, 5.41) is 14.2. The summed E-state index contributed by atoms with van der Waals surface area (Å²) in [5.74, 6) is -5.51. The van der Waals surface area contributed by atoms with E-state index in [0.717, 1.165) is 30.5 Å². The average Bonchev–Trinajstić information content (AvgIpc) is 2.79. The van der Waals surface area contributed by atoms with Crippen LogP contribution >= 0.6 is 0 Å². The van der Waals surface area contributed by atoms with Gasteiger partial charge in [0, 0.05) is 49.3 Å². The van der Waals surface area contributed by atoms with Gasteiger partial charge in [-0.1, -0.05) is 6.92 Å². The van der Waals surface area contributed by atoms with Crippen molar-refractivity contribution in [1.29, 1.82) is 0 Å². The quantitative estimate of drug-likeness (QED) is 0.550. The predicted molar refractivity (Wildman–Crippen MR) is 125 cm³/mol. The Morgan fingerprint density at radius 2 is 1.27 bits per heavy atom. The molecule has 0 aliphatic carbocycles. The van der Waals surface area contributed by atoms with Crippen LogP contribution in [0.15, 0.2) is 12.1 Å². The van der Waals surface area contributed by atoms with Crippen molar-refractivity contribution < 1.29 is 46.1 Å². The topological polar surface area (TPSA) is 97.2 Å². The van der Waals surface area contributed by atoms with Crippen LogP contribution in [0, 0.1) is 13.8 Å². The van der Waals surface area contributed by atoms with E-state index in [1.807, 2.05) is 0 Å². The SMILES string of the molecule is CCCN1CCC(N2CCN(c3cc(C)nc(C)c3)CC2)CC1.O=C(O)C(F)(F)F.O=C(O)C(F)(F)F. The Bertz CT molecular complexity index is 822. The number of piperazine rings is 1. The number of likely N-dealkylation sites (tertiary alicyclic amines) is 1. The van der Waals surface area contributed by atoms with Gasteiger partial charge in [0.25, 0.3) is 0 Å². The van der Waals surface area contributed by atoms with Gasteiger partial charge < -0.3 is 20.0 Å². The normalized spacial score (nSPS) is 17.8. The number of carboxylic acid groups (broad SMARTS) is 2. The van der Waals surface area contributed by atoms with Crippen LogP contribution in [0.2, 0.25) is 0 Å². The van der Waals surface area contributed by atoms with E-state index in [1.54, 1.807) is 0 Å². The summed E-state index contributed by atoms with van der Waals surface area (Å²) in [5.41, 5.74) is 3.61. The Labute approximate surface area is 211 Å². The van der Waals surface area contributed by atoms with E-state index >= 15 is 0 Å². The minimum absolute atomic E-state index is 0.811. The number of carbonyl (C=O) groups is 2. The van der Waals surface area contributed by atoms with Crippen molar-refractivity contribution in [2.75, 3.05) is 50.7 Å². The molecule has 2 aliphatic heterocycles. The van der Waals surface area contributed by atoms with Gasteiger partial charge in [-0.05, 0) is 64.9 Å². The van der Waals surface area contributed by atoms with Crippen LogP contribution in [0.25, 0.3) is 0 Å². The molecule has 0 atom stereocenters. The molecule has 2 fully saturated rings. The first-order valence-corrected chi connectivity index (χ1v) is 11.8. The van der Waals surface area contributed by atoms with Gasteiger partial charge in [0.15, 0.2) is 0 Å². The summed E-state index contributed by atoms with van der Waals surface area (Å²) in [4.78, 5) is 30.2. The number of aryl methyl sites for hydroxylation is 2. The lowest BCUT2D eigenvalue weighted by Gasteiger charge is -2.43. The van der Waals surface area contributed by atoms with Gasteiger partial charge in [0.05, 0.1) is 0 Å². The zero-order valence-corrected chi connectivity index (χ0v) is 21.1. The largest absolute Gasteiger partial charge is 0.490 e. The van der Waals surface area contributed by atoms with E-state index in [-0.39, 0.29) is 0 Å². The highest BCUT2D eigenvalue weighted by Crippen LogP contribution is 2.22. The molecule has 0 bridgehead atoms. The summed E-state index contributed by atoms with van der Waals surface area (Å²) in [6.45, 7) is 15.1. The highest BCUT2D eigenvalue weighted by Gasteiger charge is 2.38. The van der Waals surface area contributed by atoms with Gasteiger partial charge in [-0.3, -0.25) is 9.88 Å². The van der Waals surface area contributed by atoms with Crippen molar-refractivity contribution in [3.63, 3.8) is 0 Å². The standard InChI is InChI=1S/C19H32N4.2C2HF3O2/c1-4-7-21-8-5-18(6-9-21)22-10-12-23(13-11-22)19-14-16(2)20-17(3)15-19;2*3-2(4,5)1(6)7/h14-15,18H,4-13H2,1-3H3;2*(H,6,7). The maximum absolute atomic E-state index is 10.6. The fourth-order valence-corrected chi connectivity index (χ4v) is 4.16. The fourth-order valence-electron chi connectivity index (χ4n) is 4.16. The lowest BCUT2D eigenvalue weighted by Crippen LogP contribution is -2.53. The van der Waals surface area contributed by atoms with Crippen molar-refractivity contribution in [2.45, 2.75) is 58.4 Å². The third-order valence-corrected chi connectivity index (χ3v) is 5.84. The zero-order valence-electron chi connectivity index (χ0n) is 21.1. The van der Waals surface area contributed by atoms with Crippen molar-refractivity contribution in [3.8, 4) is 0 Å². The molecule has 0 radical (unpaired) electrons. The highest BCUT2D eigenvalue weighted by atomic mass is 19.4. The van der Waals surface area contributed by atoms with Crippen molar-refractivity contribution in [3.05, 3.63) is 23.5 Å². The number of halogens is 6. The molecule has 0 unspecified atom stereocenters. The number of carboxylic acids is 2. The van der Waals surface area contributed by atoms with Crippen LogP contribution < -0.4 is 4.90 Å². The van der Waals surface area contributed by atoms with Gasteiger partial charge in [0.1, 0.15) is 0 Å². The smallest absolute Gasteiger partial charge is 0.475 e. The van der Waals surface area contributed by atoms with Gasteiger partial charge in [-0.2, -0.15) is 26.3 Å². The minimum Gasteiger partial charge on any atom is -0.475 e. The highest BCUT2D eigenvalue weighted by molar-refractivity contribution is 5.73. The first kappa shape index (κ1) is 32.4. The molecule has 3 rings (SSSR count). The van der Waals surface area contributed by atoms with Crippen molar-refractivity contribution >= 4 is 17.6 Å². The Balaban J connectivity index is 0.000000404. The van der Waals surface area contributed by atoms with E-state index in [9.17, 15) is 26.3 Å². The van der Waals surface area contributed by atoms with Gasteiger partial charge in [-0.25, -0.2) is 9.59 Å². The van der Waals surface area contributed by atoms with Crippen LogP contribution in [0.1, 0.15) is 37.6 Å². The maximum Gasteiger partial charge on any atom is 0.490 e. The molecule has 1 aromatic rings. The van der Waals surface area contributed by atoms with Crippen LogP contribution in [0.3, 0.4) is 0 Å². The number of alkyl halides is 6. The first-order chi connectivity index (χ1) is 17.0. The van der Waals surface area contributed by atoms with E-state index in [1.165, 1.54) is 57.7 Å². The number of hydrogen-bond donors (Lipinski definition) is 2. The fraction of sp³-hybridized carbons (Fsp3) is 0.696. The average molecular weight is 545 g/mol. The number of anilines is 1. The molecule has 2 saturated heterocycles. The second kappa shape index (κ2) is 14.4. The summed E-state index contributed by atoms with van der Waals surface area (Å²) in [6, 6.07) is 5.27. The Hall–Kier alpha value is -2.61. The van der Waals surface area contributed by atoms with Gasteiger partial charge in [0.2, 0.25) is 0 Å². The Kier molecular flexibility index (Phi) is 12.6. The molecule has 0 saturated carbocycles. The summed E-state index contributed by atoms with van der Waals surface area (Å²) in [7, 11) is 0. The summed E-state index contributed by atoms with van der Waals surface area (Å²) >= 11 is 0. The summed E-state index contributed by atoms with van der Waals surface area (Å²) < 4.78 is 63.5. The molecule has 212 valence electrons. The van der Waals surface area contributed by atoms with E-state index in [2.05, 4.69) is 52.6 Å². The molecule has 2 aliphatic rings. The number of piperidine rings is 1. The lowest BCUT2D eigenvalue weighted by atomic mass is 10.0. The molecule has 3 heterocycles. The van der Waals surface area contributed by atoms with Crippen LogP contribution in [0.4, 0.5) is 32.0 Å². The Morgan fingerprint density at radius 3 is 1.62 bits per heavy atom. The second-order valence-corrected chi connectivity index (χ2v) is 8.81. The first-order valence-electron chi connectivity index (χ1n) is 11.8. The molecule has 14 heteroatoms. The monoisotopic (exact) mass is 544 g/mol. The third kappa shape index (κ3) is 12.0. The number of aromatic nitrogens is 1. The lowest BCUT2D eigenvalue weighted by molar-refractivity contribution is -0.193.